The van der Waals surface area contributed by atoms with Crippen LogP contribution in [-0.4, -0.2) is 69.9 Å². The van der Waals surface area contributed by atoms with Gasteiger partial charge in [0.2, 0.25) is 0 Å². The van der Waals surface area contributed by atoms with Gasteiger partial charge in [0, 0.05) is 11.8 Å². The zero-order chi connectivity index (χ0) is 24.9. The van der Waals surface area contributed by atoms with Crippen LogP contribution in [0.4, 0.5) is 0 Å². The molecule has 0 spiro atoms. The minimum atomic E-state index is -1.22. The van der Waals surface area contributed by atoms with Crippen LogP contribution in [0.25, 0.3) is 5.69 Å². The van der Waals surface area contributed by atoms with Crippen LogP contribution in [0.15, 0.2) is 42.6 Å². The van der Waals surface area contributed by atoms with Crippen molar-refractivity contribution in [2.45, 2.75) is 31.5 Å². The molecule has 0 saturated carbocycles. The average Bonchev–Trinajstić information content (AvgIpc) is 3.26. The van der Waals surface area contributed by atoms with Crippen molar-refractivity contribution in [1.82, 2.24) is 19.7 Å². The summed E-state index contributed by atoms with van der Waals surface area (Å²) in [5.41, 5.74) is 7.30. The summed E-state index contributed by atoms with van der Waals surface area (Å²) in [6, 6.07) is 10.1. The Morgan fingerprint density at radius 3 is 2.71 bits per heavy atom. The molecule has 2 aromatic heterocycles. The predicted molar refractivity (Wildman–Crippen MR) is 124 cm³/mol. The maximum Gasteiger partial charge on any atom is 0.358 e. The Morgan fingerprint density at radius 1 is 1.23 bits per heavy atom. The van der Waals surface area contributed by atoms with E-state index in [0.717, 1.165) is 5.56 Å². The predicted octanol–water partition coefficient (Wildman–Crippen LogP) is 1.90. The third kappa shape index (κ3) is 5.67. The first kappa shape index (κ1) is 25.2. The van der Waals surface area contributed by atoms with E-state index in [1.54, 1.807) is 6.92 Å². The third-order valence-electron chi connectivity index (χ3n) is 5.34. The summed E-state index contributed by atoms with van der Waals surface area (Å²) < 4.78 is 23.9. The Kier molecular flexibility index (Phi) is 8.06. The van der Waals surface area contributed by atoms with E-state index in [1.807, 2.05) is 30.3 Å². The maximum absolute atomic E-state index is 12.3. The lowest BCUT2D eigenvalue weighted by molar-refractivity contribution is -0.185. The Morgan fingerprint density at radius 2 is 1.97 bits per heavy atom. The highest BCUT2D eigenvalue weighted by Crippen LogP contribution is 2.29. The first-order chi connectivity index (χ1) is 16.9. The van der Waals surface area contributed by atoms with Gasteiger partial charge in [0.05, 0.1) is 38.0 Å². The van der Waals surface area contributed by atoms with Crippen LogP contribution < -0.4 is 5.73 Å². The number of hydrogen-bond donors (Lipinski definition) is 2. The highest BCUT2D eigenvalue weighted by Gasteiger charge is 2.35. The Bertz CT molecular complexity index is 1160. The van der Waals surface area contributed by atoms with Gasteiger partial charge in [0.15, 0.2) is 17.8 Å². The number of rotatable bonds is 4. The van der Waals surface area contributed by atoms with E-state index >= 15 is 0 Å². The molecule has 3 N–H and O–H groups in total. The molecule has 186 valence electrons. The van der Waals surface area contributed by atoms with E-state index in [0.29, 0.717) is 5.82 Å². The van der Waals surface area contributed by atoms with Crippen molar-refractivity contribution in [2.75, 3.05) is 26.9 Å². The normalized spacial score (nSPS) is 23.6. The van der Waals surface area contributed by atoms with Gasteiger partial charge in [-0.2, -0.15) is 5.10 Å². The zero-order valence-electron chi connectivity index (χ0n) is 19.2. The van der Waals surface area contributed by atoms with Gasteiger partial charge in [0.25, 0.3) is 0 Å². The second kappa shape index (κ2) is 11.2. The summed E-state index contributed by atoms with van der Waals surface area (Å²) in [7, 11) is 1.24. The van der Waals surface area contributed by atoms with Gasteiger partial charge < -0.3 is 29.8 Å². The van der Waals surface area contributed by atoms with Crippen molar-refractivity contribution in [3.8, 4) is 5.69 Å². The number of nitrogens with two attached hydrogens (primary N) is 1. The molecule has 1 aromatic carbocycles. The van der Waals surface area contributed by atoms with E-state index in [9.17, 15) is 9.90 Å². The fourth-order valence-electron chi connectivity index (χ4n) is 3.67. The number of carbonyl (C=O) groups is 1. The van der Waals surface area contributed by atoms with Crippen molar-refractivity contribution in [1.29, 1.82) is 0 Å². The lowest BCUT2D eigenvalue weighted by atomic mass is 10.1. The molecule has 0 aliphatic carbocycles. The number of aliphatic hydroxyl groups is 1. The van der Waals surface area contributed by atoms with Crippen LogP contribution >= 0.6 is 11.6 Å². The summed E-state index contributed by atoms with van der Waals surface area (Å²) in [6.45, 7) is 1.93. The van der Waals surface area contributed by atoms with Gasteiger partial charge in [0.1, 0.15) is 23.7 Å². The number of carbonyl (C=O) groups excluding carboxylic acids is 1. The number of aromatic nitrogens is 4. The van der Waals surface area contributed by atoms with Crippen molar-refractivity contribution in [3.63, 3.8) is 0 Å². The van der Waals surface area contributed by atoms with Gasteiger partial charge >= 0.3 is 5.97 Å². The minimum Gasteiger partial charge on any atom is -0.464 e. The summed E-state index contributed by atoms with van der Waals surface area (Å²) in [5, 5.41) is 15.8. The van der Waals surface area contributed by atoms with Gasteiger partial charge in [-0.15, -0.1) is 0 Å². The van der Waals surface area contributed by atoms with Crippen LogP contribution in [0.1, 0.15) is 40.1 Å². The van der Waals surface area contributed by atoms with E-state index < -0.39 is 30.5 Å². The molecular formula is C23H26ClN5O6. The van der Waals surface area contributed by atoms with Crippen LogP contribution in [0.3, 0.4) is 0 Å². The SMILES string of the molecule is COC(=O)c1ncc(Cl)cc1-n1nc(C)nc1C1OCCOC(c2ccccc2)OCC(N)C1O. The number of methoxy groups -OCH3 is 1. The minimum absolute atomic E-state index is 0.0140. The molecule has 1 aliphatic heterocycles. The van der Waals surface area contributed by atoms with Crippen molar-refractivity contribution >= 4 is 17.6 Å². The van der Waals surface area contributed by atoms with E-state index in [2.05, 4.69) is 15.1 Å². The first-order valence-electron chi connectivity index (χ1n) is 10.9. The van der Waals surface area contributed by atoms with Gasteiger partial charge in [-0.1, -0.05) is 41.9 Å². The summed E-state index contributed by atoms with van der Waals surface area (Å²) in [5.74, 6) is -0.109. The number of halogens is 1. The topological polar surface area (TPSA) is 144 Å². The van der Waals surface area contributed by atoms with Gasteiger partial charge in [-0.25, -0.2) is 19.4 Å². The Labute approximate surface area is 206 Å². The summed E-state index contributed by atoms with van der Waals surface area (Å²) in [6.07, 6.45) is -1.57. The fraction of sp³-hybridized carbons (Fsp3) is 0.391. The molecule has 3 aromatic rings. The van der Waals surface area contributed by atoms with Crippen molar-refractivity contribution in [3.05, 3.63) is 70.5 Å². The maximum atomic E-state index is 12.3. The number of aliphatic hydroxyl groups excluding tert-OH is 1. The number of aryl methyl sites for hydroxylation is 1. The number of hydrogen-bond acceptors (Lipinski definition) is 10. The van der Waals surface area contributed by atoms with Crippen LogP contribution in [-0.2, 0) is 18.9 Å². The number of benzene rings is 1. The Hall–Kier alpha value is -2.93. The third-order valence-corrected chi connectivity index (χ3v) is 5.55. The molecule has 11 nitrogen and oxygen atoms in total. The molecule has 35 heavy (non-hydrogen) atoms. The smallest absolute Gasteiger partial charge is 0.358 e. The molecule has 0 amide bonds. The van der Waals surface area contributed by atoms with Gasteiger partial charge in [-0.05, 0) is 13.0 Å². The highest BCUT2D eigenvalue weighted by atomic mass is 35.5. The first-order valence-corrected chi connectivity index (χ1v) is 11.3. The monoisotopic (exact) mass is 503 g/mol. The van der Waals surface area contributed by atoms with Crippen LogP contribution in [0.5, 0.6) is 0 Å². The van der Waals surface area contributed by atoms with Crippen molar-refractivity contribution < 1.29 is 28.8 Å². The molecule has 0 bridgehead atoms. The standard InChI is InChI=1S/C23H26ClN5O6/c1-13-27-21(29(28-13)17-10-15(24)11-26-18(17)22(31)32-2)20-19(30)16(25)12-35-23(34-9-8-33-20)14-6-4-3-5-7-14/h3-7,10-11,16,19-20,23,30H,8-9,12,25H2,1-2H3. The lowest BCUT2D eigenvalue weighted by Gasteiger charge is -2.30. The average molecular weight is 504 g/mol. The van der Waals surface area contributed by atoms with Crippen LogP contribution in [0, 0.1) is 6.92 Å². The number of esters is 1. The molecule has 4 rings (SSSR count). The molecular weight excluding hydrogens is 478 g/mol. The van der Waals surface area contributed by atoms with Crippen LogP contribution in [0.2, 0.25) is 5.02 Å². The Balaban J connectivity index is 1.65. The molecule has 4 atom stereocenters. The van der Waals surface area contributed by atoms with E-state index in [4.69, 9.17) is 36.3 Å². The molecule has 3 heterocycles. The lowest BCUT2D eigenvalue weighted by Crippen LogP contribution is -2.45. The molecule has 1 fully saturated rings. The van der Waals surface area contributed by atoms with Crippen molar-refractivity contribution in [2.24, 2.45) is 5.73 Å². The van der Waals surface area contributed by atoms with Gasteiger partial charge in [-0.3, -0.25) is 0 Å². The number of pyridine rings is 1. The number of nitrogens with zero attached hydrogens (tertiary/aromatic N) is 4. The summed E-state index contributed by atoms with van der Waals surface area (Å²) in [4.78, 5) is 20.9. The number of ether oxygens (including phenoxy) is 4. The second-order valence-corrected chi connectivity index (χ2v) is 8.27. The molecule has 1 saturated heterocycles. The second-order valence-electron chi connectivity index (χ2n) is 7.83. The molecule has 0 radical (unpaired) electrons. The largest absolute Gasteiger partial charge is 0.464 e. The fourth-order valence-corrected chi connectivity index (χ4v) is 3.82. The summed E-state index contributed by atoms with van der Waals surface area (Å²) >= 11 is 6.15. The highest BCUT2D eigenvalue weighted by molar-refractivity contribution is 6.30. The molecule has 12 heteroatoms. The quantitative estimate of drug-likeness (QED) is 0.506. The molecule has 4 unspecified atom stereocenters. The van der Waals surface area contributed by atoms with E-state index in [-0.39, 0.29) is 42.0 Å². The molecule has 1 aliphatic rings. The zero-order valence-corrected chi connectivity index (χ0v) is 20.0. The van der Waals surface area contributed by atoms with E-state index in [1.165, 1.54) is 24.1 Å².